The molecule has 78 valence electrons. The summed E-state index contributed by atoms with van der Waals surface area (Å²) in [7, 11) is 0. The summed E-state index contributed by atoms with van der Waals surface area (Å²) in [5, 5.41) is 3.33. The summed E-state index contributed by atoms with van der Waals surface area (Å²) in [4.78, 5) is 1.14. The fraction of sp³-hybridized carbons (Fsp3) is 0.0909. The predicted octanol–water partition coefficient (Wildman–Crippen LogP) is 4.18. The van der Waals surface area contributed by atoms with Crippen LogP contribution >= 0.6 is 34.5 Å². The second kappa shape index (κ2) is 4.54. The molecule has 0 unspecified atom stereocenters. The Labute approximate surface area is 102 Å². The first-order valence-electron chi connectivity index (χ1n) is 4.44. The molecule has 0 aliphatic rings. The third kappa shape index (κ3) is 2.18. The van der Waals surface area contributed by atoms with E-state index in [0.29, 0.717) is 16.6 Å². The maximum absolute atomic E-state index is 6.13. The van der Waals surface area contributed by atoms with Crippen molar-refractivity contribution in [2.75, 3.05) is 0 Å². The average molecular weight is 258 g/mol. The molecule has 0 spiro atoms. The van der Waals surface area contributed by atoms with Crippen LogP contribution in [-0.4, -0.2) is 0 Å². The van der Waals surface area contributed by atoms with Gasteiger partial charge in [0.25, 0.3) is 0 Å². The predicted molar refractivity (Wildman–Crippen MR) is 67.7 cm³/mol. The van der Waals surface area contributed by atoms with Crippen molar-refractivity contribution in [1.29, 1.82) is 0 Å². The summed E-state index contributed by atoms with van der Waals surface area (Å²) in [6.45, 7) is 0.534. The molecule has 0 saturated carbocycles. The van der Waals surface area contributed by atoms with Crippen LogP contribution in [0.1, 0.15) is 4.88 Å². The van der Waals surface area contributed by atoms with Gasteiger partial charge in [-0.3, -0.25) is 0 Å². The lowest BCUT2D eigenvalue weighted by Gasteiger charge is -2.05. The first-order valence-corrected chi connectivity index (χ1v) is 6.08. The van der Waals surface area contributed by atoms with Crippen LogP contribution in [0.5, 0.6) is 0 Å². The molecule has 0 bridgehead atoms. The van der Waals surface area contributed by atoms with Crippen LogP contribution in [0.15, 0.2) is 29.6 Å². The zero-order valence-electron chi connectivity index (χ0n) is 7.84. The largest absolute Gasteiger partial charge is 0.326 e. The van der Waals surface area contributed by atoms with E-state index in [1.807, 2.05) is 23.6 Å². The Balaban J connectivity index is 2.54. The highest BCUT2D eigenvalue weighted by Gasteiger charge is 2.09. The molecular formula is C11H9Cl2NS. The van der Waals surface area contributed by atoms with Crippen molar-refractivity contribution in [3.8, 4) is 11.1 Å². The lowest BCUT2D eigenvalue weighted by molar-refractivity contribution is 1.11. The highest BCUT2D eigenvalue weighted by Crippen LogP contribution is 2.34. The Kier molecular flexibility index (Phi) is 3.32. The Bertz CT molecular complexity index is 479. The quantitative estimate of drug-likeness (QED) is 0.859. The van der Waals surface area contributed by atoms with E-state index in [9.17, 15) is 0 Å². The molecule has 1 aromatic carbocycles. The molecule has 1 aromatic heterocycles. The van der Waals surface area contributed by atoms with Gasteiger partial charge in [-0.2, -0.15) is 0 Å². The minimum absolute atomic E-state index is 0.534. The van der Waals surface area contributed by atoms with E-state index in [4.69, 9.17) is 28.9 Å². The van der Waals surface area contributed by atoms with Gasteiger partial charge in [-0.05, 0) is 29.1 Å². The van der Waals surface area contributed by atoms with Crippen molar-refractivity contribution in [3.63, 3.8) is 0 Å². The van der Waals surface area contributed by atoms with E-state index < -0.39 is 0 Å². The summed E-state index contributed by atoms with van der Waals surface area (Å²) < 4.78 is 0. The smallest absolute Gasteiger partial charge is 0.0499 e. The topological polar surface area (TPSA) is 26.0 Å². The molecule has 0 saturated heterocycles. The van der Waals surface area contributed by atoms with Crippen LogP contribution in [0.2, 0.25) is 10.0 Å². The lowest BCUT2D eigenvalue weighted by atomic mass is 10.1. The number of hydrogen-bond acceptors (Lipinski definition) is 2. The van der Waals surface area contributed by atoms with Gasteiger partial charge in [0.05, 0.1) is 0 Å². The highest BCUT2D eigenvalue weighted by molar-refractivity contribution is 7.10. The van der Waals surface area contributed by atoms with E-state index in [1.165, 1.54) is 0 Å². The van der Waals surface area contributed by atoms with E-state index in [1.54, 1.807) is 17.4 Å². The van der Waals surface area contributed by atoms with Gasteiger partial charge >= 0.3 is 0 Å². The van der Waals surface area contributed by atoms with Gasteiger partial charge in [0.15, 0.2) is 0 Å². The summed E-state index contributed by atoms with van der Waals surface area (Å²) in [6, 6.07) is 7.53. The number of nitrogens with two attached hydrogens (primary N) is 1. The van der Waals surface area contributed by atoms with Gasteiger partial charge in [0, 0.05) is 27.0 Å². The van der Waals surface area contributed by atoms with Gasteiger partial charge < -0.3 is 5.73 Å². The maximum atomic E-state index is 6.13. The molecule has 1 nitrogen and oxygen atoms in total. The Morgan fingerprint density at radius 2 is 1.93 bits per heavy atom. The average Bonchev–Trinajstić information content (AvgIpc) is 2.65. The normalized spacial score (nSPS) is 10.6. The first-order chi connectivity index (χ1) is 7.22. The Morgan fingerprint density at radius 3 is 2.60 bits per heavy atom. The van der Waals surface area contributed by atoms with Crippen LogP contribution < -0.4 is 5.73 Å². The molecule has 0 radical (unpaired) electrons. The molecule has 1 heterocycles. The van der Waals surface area contributed by atoms with E-state index in [2.05, 4.69) is 0 Å². The summed E-state index contributed by atoms with van der Waals surface area (Å²) in [5.74, 6) is 0. The number of benzene rings is 1. The number of halogens is 2. The molecule has 15 heavy (non-hydrogen) atoms. The Hall–Kier alpha value is -0.540. The number of rotatable bonds is 2. The van der Waals surface area contributed by atoms with Crippen molar-refractivity contribution in [2.24, 2.45) is 5.73 Å². The fourth-order valence-corrected chi connectivity index (χ4v) is 2.73. The van der Waals surface area contributed by atoms with Crippen molar-refractivity contribution in [3.05, 3.63) is 44.6 Å². The lowest BCUT2D eigenvalue weighted by Crippen LogP contribution is -1.94. The molecule has 0 atom stereocenters. The van der Waals surface area contributed by atoms with Crippen LogP contribution in [0.25, 0.3) is 11.1 Å². The van der Waals surface area contributed by atoms with Gasteiger partial charge in [-0.1, -0.05) is 29.3 Å². The third-order valence-corrected chi connectivity index (χ3v) is 3.64. The second-order valence-electron chi connectivity index (χ2n) is 3.09. The van der Waals surface area contributed by atoms with Gasteiger partial charge in [0.1, 0.15) is 0 Å². The van der Waals surface area contributed by atoms with Crippen LogP contribution in [0.4, 0.5) is 0 Å². The van der Waals surface area contributed by atoms with E-state index in [0.717, 1.165) is 16.0 Å². The molecule has 0 fully saturated rings. The monoisotopic (exact) mass is 257 g/mol. The SMILES string of the molecule is NCc1sccc1-c1ccc(Cl)cc1Cl. The second-order valence-corrected chi connectivity index (χ2v) is 4.93. The number of thiophene rings is 1. The van der Waals surface area contributed by atoms with Crippen molar-refractivity contribution in [2.45, 2.75) is 6.54 Å². The third-order valence-electron chi connectivity index (χ3n) is 2.15. The summed E-state index contributed by atoms with van der Waals surface area (Å²) in [5.41, 5.74) is 7.74. The van der Waals surface area contributed by atoms with Crippen LogP contribution in [0.3, 0.4) is 0 Å². The van der Waals surface area contributed by atoms with Crippen molar-refractivity contribution < 1.29 is 0 Å². The van der Waals surface area contributed by atoms with E-state index in [-0.39, 0.29) is 0 Å². The minimum atomic E-state index is 0.534. The van der Waals surface area contributed by atoms with Gasteiger partial charge in [-0.25, -0.2) is 0 Å². The van der Waals surface area contributed by atoms with Crippen LogP contribution in [-0.2, 0) is 6.54 Å². The Morgan fingerprint density at radius 1 is 1.13 bits per heavy atom. The molecule has 0 aliphatic heterocycles. The van der Waals surface area contributed by atoms with Crippen molar-refractivity contribution >= 4 is 34.5 Å². The zero-order valence-corrected chi connectivity index (χ0v) is 10.2. The summed E-state index contributed by atoms with van der Waals surface area (Å²) >= 11 is 13.6. The minimum Gasteiger partial charge on any atom is -0.326 e. The van der Waals surface area contributed by atoms with Crippen LogP contribution in [0, 0.1) is 0 Å². The molecule has 2 N–H and O–H groups in total. The highest BCUT2D eigenvalue weighted by atomic mass is 35.5. The zero-order chi connectivity index (χ0) is 10.8. The fourth-order valence-electron chi connectivity index (χ4n) is 1.45. The molecule has 0 amide bonds. The number of hydrogen-bond donors (Lipinski definition) is 1. The molecule has 2 rings (SSSR count). The molecule has 4 heteroatoms. The molecular weight excluding hydrogens is 249 g/mol. The first kappa shape index (κ1) is 11.0. The van der Waals surface area contributed by atoms with Gasteiger partial charge in [-0.15, -0.1) is 11.3 Å². The molecule has 0 aliphatic carbocycles. The standard InChI is InChI=1S/C11H9Cl2NS/c12-7-1-2-8(10(13)5-7)9-3-4-15-11(9)6-14/h1-5H,6,14H2. The maximum Gasteiger partial charge on any atom is 0.0499 e. The van der Waals surface area contributed by atoms with Gasteiger partial charge in [0.2, 0.25) is 0 Å². The van der Waals surface area contributed by atoms with E-state index >= 15 is 0 Å². The van der Waals surface area contributed by atoms with Crippen molar-refractivity contribution in [1.82, 2.24) is 0 Å². The molecule has 2 aromatic rings. The summed E-state index contributed by atoms with van der Waals surface area (Å²) in [6.07, 6.45) is 0.